The Balaban J connectivity index is 1.82. The number of carbonyl (C=O) groups excluding carboxylic acids is 1. The van der Waals surface area contributed by atoms with Gasteiger partial charge in [-0.3, -0.25) is 4.79 Å². The van der Waals surface area contributed by atoms with E-state index < -0.39 is 0 Å². The summed E-state index contributed by atoms with van der Waals surface area (Å²) >= 11 is 0. The number of hydrogen-bond acceptors (Lipinski definition) is 6. The van der Waals surface area contributed by atoms with Gasteiger partial charge in [-0.25, -0.2) is 9.97 Å². The van der Waals surface area contributed by atoms with Gasteiger partial charge in [0.1, 0.15) is 12.0 Å². The molecule has 3 rings (SSSR count). The summed E-state index contributed by atoms with van der Waals surface area (Å²) in [5.74, 6) is 1.64. The third-order valence-corrected chi connectivity index (χ3v) is 4.16. The maximum absolute atomic E-state index is 12.8. The number of ether oxygens (including phenoxy) is 3. The molecule has 0 spiro atoms. The highest BCUT2D eigenvalue weighted by Crippen LogP contribution is 2.33. The normalized spacial score (nSPS) is 13.2. The summed E-state index contributed by atoms with van der Waals surface area (Å²) in [7, 11) is 3.22. The Bertz CT molecular complexity index is 779. The van der Waals surface area contributed by atoms with Gasteiger partial charge in [0.05, 0.1) is 20.8 Å². The molecule has 1 aliphatic rings. The minimum atomic E-state index is -0.135. The third kappa shape index (κ3) is 3.50. The van der Waals surface area contributed by atoms with Crippen molar-refractivity contribution in [2.24, 2.45) is 0 Å². The zero-order chi connectivity index (χ0) is 17.8. The van der Waals surface area contributed by atoms with Gasteiger partial charge in [-0.15, -0.1) is 0 Å². The minimum absolute atomic E-state index is 0.135. The first-order valence-electron chi connectivity index (χ1n) is 8.14. The fourth-order valence-corrected chi connectivity index (χ4v) is 2.90. The molecule has 7 nitrogen and oxygen atoms in total. The Morgan fingerprint density at radius 1 is 1.12 bits per heavy atom. The van der Waals surface area contributed by atoms with Crippen molar-refractivity contribution in [3.05, 3.63) is 41.3 Å². The smallest absolute Gasteiger partial charge is 0.273 e. The molecule has 2 heterocycles. The standard InChI is InChI=1S/C18H21N3O4/c1-4-25-17-9-14(19-11-20-17)18(22)21-6-5-12-7-15(23-2)16(24-3)8-13(12)10-21/h7-9,11H,4-6,10H2,1-3H3. The maximum Gasteiger partial charge on any atom is 0.273 e. The van der Waals surface area contributed by atoms with Crippen LogP contribution in [0.3, 0.4) is 0 Å². The molecule has 2 aromatic rings. The first kappa shape index (κ1) is 17.0. The van der Waals surface area contributed by atoms with E-state index in [1.165, 1.54) is 11.9 Å². The molecule has 7 heteroatoms. The fourth-order valence-electron chi connectivity index (χ4n) is 2.90. The maximum atomic E-state index is 12.8. The molecule has 0 radical (unpaired) electrons. The van der Waals surface area contributed by atoms with E-state index in [1.807, 2.05) is 19.1 Å². The van der Waals surface area contributed by atoms with Crippen LogP contribution >= 0.6 is 0 Å². The van der Waals surface area contributed by atoms with E-state index in [4.69, 9.17) is 14.2 Å². The largest absolute Gasteiger partial charge is 0.493 e. The summed E-state index contributed by atoms with van der Waals surface area (Å²) in [6.07, 6.45) is 2.11. The Labute approximate surface area is 146 Å². The number of hydrogen-bond donors (Lipinski definition) is 0. The number of methoxy groups -OCH3 is 2. The number of benzene rings is 1. The van der Waals surface area contributed by atoms with Gasteiger partial charge in [0.25, 0.3) is 5.91 Å². The van der Waals surface area contributed by atoms with Crippen LogP contribution in [0.25, 0.3) is 0 Å². The SMILES string of the molecule is CCOc1cc(C(=O)N2CCc3cc(OC)c(OC)cc3C2)ncn1. The zero-order valence-electron chi connectivity index (χ0n) is 14.6. The van der Waals surface area contributed by atoms with E-state index >= 15 is 0 Å². The molecule has 25 heavy (non-hydrogen) atoms. The van der Waals surface area contributed by atoms with Gasteiger partial charge < -0.3 is 19.1 Å². The topological polar surface area (TPSA) is 73.8 Å². The molecule has 0 atom stereocenters. The lowest BCUT2D eigenvalue weighted by Crippen LogP contribution is -2.36. The van der Waals surface area contributed by atoms with Gasteiger partial charge in [0.15, 0.2) is 11.5 Å². The minimum Gasteiger partial charge on any atom is -0.493 e. The van der Waals surface area contributed by atoms with Crippen molar-refractivity contribution < 1.29 is 19.0 Å². The Kier molecular flexibility index (Phi) is 5.02. The van der Waals surface area contributed by atoms with Crippen LogP contribution < -0.4 is 14.2 Å². The van der Waals surface area contributed by atoms with Crippen LogP contribution in [0.4, 0.5) is 0 Å². The molecule has 132 valence electrons. The number of nitrogens with zero attached hydrogens (tertiary/aromatic N) is 3. The second-order valence-electron chi connectivity index (χ2n) is 5.63. The fraction of sp³-hybridized carbons (Fsp3) is 0.389. The van der Waals surface area contributed by atoms with Crippen molar-refractivity contribution in [3.8, 4) is 17.4 Å². The molecular formula is C18H21N3O4. The molecule has 0 unspecified atom stereocenters. The van der Waals surface area contributed by atoms with E-state index in [0.717, 1.165) is 12.0 Å². The molecule has 1 aromatic heterocycles. The van der Waals surface area contributed by atoms with Crippen LogP contribution in [0.1, 0.15) is 28.5 Å². The quantitative estimate of drug-likeness (QED) is 0.828. The van der Waals surface area contributed by atoms with Gasteiger partial charge in [-0.2, -0.15) is 0 Å². The van der Waals surface area contributed by atoms with Gasteiger partial charge >= 0.3 is 0 Å². The highest BCUT2D eigenvalue weighted by Gasteiger charge is 2.24. The zero-order valence-corrected chi connectivity index (χ0v) is 14.6. The summed E-state index contributed by atoms with van der Waals surface area (Å²) in [5.41, 5.74) is 2.55. The summed E-state index contributed by atoms with van der Waals surface area (Å²) in [5, 5.41) is 0. The summed E-state index contributed by atoms with van der Waals surface area (Å²) in [4.78, 5) is 22.6. The molecule has 0 fully saturated rings. The van der Waals surface area contributed by atoms with Crippen molar-refractivity contribution in [2.75, 3.05) is 27.4 Å². The number of carbonyl (C=O) groups is 1. The van der Waals surface area contributed by atoms with Crippen molar-refractivity contribution in [1.29, 1.82) is 0 Å². The van der Waals surface area contributed by atoms with E-state index in [0.29, 0.717) is 42.8 Å². The third-order valence-electron chi connectivity index (χ3n) is 4.16. The predicted molar refractivity (Wildman–Crippen MR) is 91.2 cm³/mol. The van der Waals surface area contributed by atoms with Crippen molar-refractivity contribution >= 4 is 5.91 Å². The van der Waals surface area contributed by atoms with Crippen molar-refractivity contribution in [3.63, 3.8) is 0 Å². The average Bonchev–Trinajstić information content (AvgIpc) is 2.66. The molecule has 0 N–H and O–H groups in total. The molecule has 0 aliphatic carbocycles. The van der Waals surface area contributed by atoms with Crippen LogP contribution in [-0.2, 0) is 13.0 Å². The molecular weight excluding hydrogens is 322 g/mol. The summed E-state index contributed by atoms with van der Waals surface area (Å²) in [6.45, 7) is 3.48. The number of aromatic nitrogens is 2. The molecule has 0 bridgehead atoms. The lowest BCUT2D eigenvalue weighted by Gasteiger charge is -2.29. The van der Waals surface area contributed by atoms with Crippen molar-refractivity contribution in [2.45, 2.75) is 19.9 Å². The van der Waals surface area contributed by atoms with Crippen LogP contribution in [-0.4, -0.2) is 48.1 Å². The first-order valence-corrected chi connectivity index (χ1v) is 8.14. The molecule has 0 saturated carbocycles. The van der Waals surface area contributed by atoms with Crippen molar-refractivity contribution in [1.82, 2.24) is 14.9 Å². The van der Waals surface area contributed by atoms with E-state index in [-0.39, 0.29) is 5.91 Å². The molecule has 1 amide bonds. The highest BCUT2D eigenvalue weighted by molar-refractivity contribution is 5.92. The summed E-state index contributed by atoms with van der Waals surface area (Å²) in [6, 6.07) is 5.49. The van der Waals surface area contributed by atoms with Gasteiger partial charge in [-0.1, -0.05) is 0 Å². The molecule has 1 aliphatic heterocycles. The number of rotatable bonds is 5. The Morgan fingerprint density at radius 2 is 1.84 bits per heavy atom. The molecule has 0 saturated heterocycles. The average molecular weight is 343 g/mol. The van der Waals surface area contributed by atoms with E-state index in [2.05, 4.69) is 9.97 Å². The summed E-state index contributed by atoms with van der Waals surface area (Å²) < 4.78 is 16.0. The predicted octanol–water partition coefficient (Wildman–Crippen LogP) is 2.09. The lowest BCUT2D eigenvalue weighted by molar-refractivity contribution is 0.0727. The van der Waals surface area contributed by atoms with Crippen LogP contribution in [0.2, 0.25) is 0 Å². The number of fused-ring (bicyclic) bond motifs is 1. The van der Waals surface area contributed by atoms with Crippen LogP contribution in [0.15, 0.2) is 24.5 Å². The second kappa shape index (κ2) is 7.38. The lowest BCUT2D eigenvalue weighted by atomic mass is 9.98. The molecule has 1 aromatic carbocycles. The highest BCUT2D eigenvalue weighted by atomic mass is 16.5. The first-order chi connectivity index (χ1) is 12.2. The van der Waals surface area contributed by atoms with Crippen LogP contribution in [0.5, 0.6) is 17.4 Å². The monoisotopic (exact) mass is 343 g/mol. The Hall–Kier alpha value is -2.83. The Morgan fingerprint density at radius 3 is 2.52 bits per heavy atom. The van der Waals surface area contributed by atoms with E-state index in [1.54, 1.807) is 25.2 Å². The van der Waals surface area contributed by atoms with Gasteiger partial charge in [0, 0.05) is 19.2 Å². The van der Waals surface area contributed by atoms with Gasteiger partial charge in [0.2, 0.25) is 5.88 Å². The van der Waals surface area contributed by atoms with E-state index in [9.17, 15) is 4.79 Å². The van der Waals surface area contributed by atoms with Crippen LogP contribution in [0, 0.1) is 0 Å². The number of amides is 1. The second-order valence-corrected chi connectivity index (χ2v) is 5.63. The van der Waals surface area contributed by atoms with Gasteiger partial charge in [-0.05, 0) is 36.6 Å².